The molecule has 124 valence electrons. The molecule has 3 N–H and O–H groups in total. The van der Waals surface area contributed by atoms with E-state index in [1.807, 2.05) is 0 Å². The van der Waals surface area contributed by atoms with Gasteiger partial charge in [-0.3, -0.25) is 14.4 Å². The van der Waals surface area contributed by atoms with Crippen LogP contribution >= 0.6 is 0 Å². The van der Waals surface area contributed by atoms with Crippen molar-refractivity contribution in [3.8, 4) is 5.75 Å². The lowest BCUT2D eigenvalue weighted by atomic mass is 9.90. The topological polar surface area (TPSA) is 110 Å². The third-order valence-electron chi connectivity index (χ3n) is 4.05. The van der Waals surface area contributed by atoms with Gasteiger partial charge in [-0.15, -0.1) is 0 Å². The number of hydrogen-bond acceptors (Lipinski definition) is 4. The summed E-state index contributed by atoms with van der Waals surface area (Å²) in [6, 6.07) is 6.42. The molecule has 1 saturated heterocycles. The smallest absolute Gasteiger partial charge is 0.311 e. The molecule has 0 aliphatic carbocycles. The van der Waals surface area contributed by atoms with Crippen LogP contribution in [0.3, 0.4) is 0 Å². The molecule has 1 aliphatic rings. The van der Waals surface area contributed by atoms with Crippen molar-refractivity contribution in [3.05, 3.63) is 29.8 Å². The van der Waals surface area contributed by atoms with E-state index in [0.29, 0.717) is 24.3 Å². The summed E-state index contributed by atoms with van der Waals surface area (Å²) in [6.07, 6.45) is 0.603. The lowest BCUT2D eigenvalue weighted by Crippen LogP contribution is -2.35. The van der Waals surface area contributed by atoms with E-state index in [1.54, 1.807) is 30.0 Å². The maximum absolute atomic E-state index is 12.1. The molecular formula is C16H20N2O5. The van der Waals surface area contributed by atoms with Gasteiger partial charge in [0.05, 0.1) is 18.4 Å². The molecule has 0 spiro atoms. The van der Waals surface area contributed by atoms with E-state index in [2.05, 4.69) is 0 Å². The van der Waals surface area contributed by atoms with Gasteiger partial charge in [0.25, 0.3) is 0 Å². The molecule has 0 radical (unpaired) electrons. The maximum Gasteiger partial charge on any atom is 0.311 e. The first kappa shape index (κ1) is 16.8. The number of ether oxygens (including phenoxy) is 1. The van der Waals surface area contributed by atoms with Crippen LogP contribution in [0.4, 0.5) is 0 Å². The number of nitrogens with two attached hydrogens (primary N) is 1. The van der Waals surface area contributed by atoms with Crippen LogP contribution in [0.15, 0.2) is 24.3 Å². The number of nitrogens with zero attached hydrogens (tertiary/aromatic N) is 1. The van der Waals surface area contributed by atoms with E-state index < -0.39 is 17.3 Å². The normalized spacial score (nSPS) is 20.3. The molecule has 0 saturated carbocycles. The van der Waals surface area contributed by atoms with Crippen molar-refractivity contribution in [2.75, 3.05) is 19.7 Å². The van der Waals surface area contributed by atoms with Crippen LogP contribution in [-0.4, -0.2) is 47.5 Å². The SMILES string of the molecule is CC1(C(=O)O)CCN(C(=O)CCOc2cccc(C(N)=O)c2)C1. The first-order valence-electron chi connectivity index (χ1n) is 7.36. The van der Waals surface area contributed by atoms with Gasteiger partial charge in [0.15, 0.2) is 0 Å². The molecule has 0 aromatic heterocycles. The number of carboxylic acid groups (broad SMARTS) is 1. The van der Waals surface area contributed by atoms with Gasteiger partial charge < -0.3 is 20.5 Å². The van der Waals surface area contributed by atoms with Gasteiger partial charge in [0.2, 0.25) is 11.8 Å². The Morgan fingerprint density at radius 1 is 1.39 bits per heavy atom. The minimum absolute atomic E-state index is 0.138. The van der Waals surface area contributed by atoms with Crippen LogP contribution in [0.1, 0.15) is 30.1 Å². The van der Waals surface area contributed by atoms with Gasteiger partial charge in [0.1, 0.15) is 5.75 Å². The highest BCUT2D eigenvalue weighted by atomic mass is 16.5. The quantitative estimate of drug-likeness (QED) is 0.808. The van der Waals surface area contributed by atoms with E-state index in [-0.39, 0.29) is 25.5 Å². The van der Waals surface area contributed by atoms with Crippen molar-refractivity contribution in [1.29, 1.82) is 0 Å². The van der Waals surface area contributed by atoms with Crippen LogP contribution < -0.4 is 10.5 Å². The third kappa shape index (κ3) is 4.00. The number of carboxylic acids is 1. The molecule has 1 aromatic carbocycles. The predicted molar refractivity (Wildman–Crippen MR) is 82.0 cm³/mol. The first-order chi connectivity index (χ1) is 10.8. The Labute approximate surface area is 134 Å². The molecule has 1 unspecified atom stereocenters. The number of carbonyl (C=O) groups excluding carboxylic acids is 2. The molecule has 1 fully saturated rings. The maximum atomic E-state index is 12.1. The number of carbonyl (C=O) groups is 3. The molecule has 2 amide bonds. The average molecular weight is 320 g/mol. The highest BCUT2D eigenvalue weighted by Crippen LogP contribution is 2.30. The number of hydrogen-bond donors (Lipinski definition) is 2. The number of benzene rings is 1. The summed E-state index contributed by atoms with van der Waals surface area (Å²) in [5.74, 6) is -1.10. The summed E-state index contributed by atoms with van der Waals surface area (Å²) in [7, 11) is 0. The number of likely N-dealkylation sites (tertiary alicyclic amines) is 1. The Balaban J connectivity index is 1.83. The summed E-state index contributed by atoms with van der Waals surface area (Å²) >= 11 is 0. The molecule has 1 aromatic rings. The Kier molecular flexibility index (Phi) is 4.88. The van der Waals surface area contributed by atoms with Gasteiger partial charge in [-0.05, 0) is 31.5 Å². The van der Waals surface area contributed by atoms with Gasteiger partial charge in [-0.1, -0.05) is 6.07 Å². The zero-order valence-electron chi connectivity index (χ0n) is 12.9. The minimum Gasteiger partial charge on any atom is -0.493 e. The van der Waals surface area contributed by atoms with Crippen molar-refractivity contribution in [3.63, 3.8) is 0 Å². The van der Waals surface area contributed by atoms with E-state index >= 15 is 0 Å². The van der Waals surface area contributed by atoms with Crippen LogP contribution in [-0.2, 0) is 9.59 Å². The highest BCUT2D eigenvalue weighted by molar-refractivity contribution is 5.93. The van der Waals surface area contributed by atoms with Crippen LogP contribution in [0.25, 0.3) is 0 Å². The average Bonchev–Trinajstić information content (AvgIpc) is 2.91. The van der Waals surface area contributed by atoms with Gasteiger partial charge >= 0.3 is 5.97 Å². The first-order valence-corrected chi connectivity index (χ1v) is 7.36. The number of rotatable bonds is 6. The second-order valence-corrected chi connectivity index (χ2v) is 5.92. The van der Waals surface area contributed by atoms with Crippen molar-refractivity contribution in [2.24, 2.45) is 11.1 Å². The Bertz CT molecular complexity index is 631. The fraction of sp³-hybridized carbons (Fsp3) is 0.438. The second-order valence-electron chi connectivity index (χ2n) is 5.92. The molecule has 0 bridgehead atoms. The Morgan fingerprint density at radius 2 is 2.13 bits per heavy atom. The van der Waals surface area contributed by atoms with Crippen molar-refractivity contribution < 1.29 is 24.2 Å². The van der Waals surface area contributed by atoms with Gasteiger partial charge in [0, 0.05) is 18.7 Å². The Morgan fingerprint density at radius 3 is 2.74 bits per heavy atom. The van der Waals surface area contributed by atoms with E-state index in [4.69, 9.17) is 15.6 Å². The van der Waals surface area contributed by atoms with Gasteiger partial charge in [-0.25, -0.2) is 0 Å². The molecule has 7 nitrogen and oxygen atoms in total. The molecule has 1 heterocycles. The highest BCUT2D eigenvalue weighted by Gasteiger charge is 2.41. The van der Waals surface area contributed by atoms with Crippen molar-refractivity contribution in [2.45, 2.75) is 19.8 Å². The van der Waals surface area contributed by atoms with E-state index in [1.165, 1.54) is 6.07 Å². The van der Waals surface area contributed by atoms with Crippen molar-refractivity contribution in [1.82, 2.24) is 4.90 Å². The molecule has 2 rings (SSSR count). The van der Waals surface area contributed by atoms with Gasteiger partial charge in [-0.2, -0.15) is 0 Å². The Hall–Kier alpha value is -2.57. The summed E-state index contributed by atoms with van der Waals surface area (Å²) < 4.78 is 5.45. The summed E-state index contributed by atoms with van der Waals surface area (Å²) in [5.41, 5.74) is 4.66. The standard InChI is InChI=1S/C16H20N2O5/c1-16(15(21)22)6-7-18(10-16)13(19)5-8-23-12-4-2-3-11(9-12)14(17)20/h2-4,9H,5-8,10H2,1H3,(H2,17,20)(H,21,22). The van der Waals surface area contributed by atoms with Crippen LogP contribution in [0.5, 0.6) is 5.75 Å². The zero-order chi connectivity index (χ0) is 17.0. The summed E-state index contributed by atoms with van der Waals surface area (Å²) in [5, 5.41) is 9.17. The second kappa shape index (κ2) is 6.68. The molecular weight excluding hydrogens is 300 g/mol. The van der Waals surface area contributed by atoms with E-state index in [9.17, 15) is 14.4 Å². The number of amides is 2. The number of primary amides is 1. The predicted octanol–water partition coefficient (Wildman–Crippen LogP) is 0.878. The lowest BCUT2D eigenvalue weighted by molar-refractivity contribution is -0.147. The summed E-state index contributed by atoms with van der Waals surface area (Å²) in [4.78, 5) is 35.9. The number of aliphatic carboxylic acids is 1. The summed E-state index contributed by atoms with van der Waals surface area (Å²) in [6.45, 7) is 2.47. The monoisotopic (exact) mass is 320 g/mol. The van der Waals surface area contributed by atoms with E-state index in [0.717, 1.165) is 0 Å². The molecule has 1 aliphatic heterocycles. The van der Waals surface area contributed by atoms with Crippen LogP contribution in [0.2, 0.25) is 0 Å². The van der Waals surface area contributed by atoms with Crippen LogP contribution in [0, 0.1) is 5.41 Å². The fourth-order valence-corrected chi connectivity index (χ4v) is 2.50. The third-order valence-corrected chi connectivity index (χ3v) is 4.05. The lowest BCUT2D eigenvalue weighted by Gasteiger charge is -2.20. The molecule has 23 heavy (non-hydrogen) atoms. The van der Waals surface area contributed by atoms with Crippen molar-refractivity contribution >= 4 is 17.8 Å². The molecule has 1 atom stereocenters. The zero-order valence-corrected chi connectivity index (χ0v) is 12.9. The molecule has 7 heteroatoms. The largest absolute Gasteiger partial charge is 0.493 e. The fourth-order valence-electron chi connectivity index (χ4n) is 2.50. The minimum atomic E-state index is -0.882.